The molecule has 4 aromatic rings. The van der Waals surface area contributed by atoms with Crippen molar-refractivity contribution in [1.82, 2.24) is 39.3 Å². The van der Waals surface area contributed by atoms with Gasteiger partial charge in [0.15, 0.2) is 11.3 Å². The summed E-state index contributed by atoms with van der Waals surface area (Å²) in [4.78, 5) is 24.7. The van der Waals surface area contributed by atoms with E-state index in [1.165, 1.54) is 12.7 Å². The number of fused-ring (bicyclic) bond motifs is 2. The van der Waals surface area contributed by atoms with Gasteiger partial charge in [0.05, 0.1) is 12.4 Å². The van der Waals surface area contributed by atoms with Crippen molar-refractivity contribution < 1.29 is 0 Å². The van der Waals surface area contributed by atoms with Crippen molar-refractivity contribution in [1.29, 1.82) is 0 Å². The summed E-state index contributed by atoms with van der Waals surface area (Å²) in [6.45, 7) is 0. The van der Waals surface area contributed by atoms with Crippen LogP contribution < -0.4 is 0 Å². The van der Waals surface area contributed by atoms with Gasteiger partial charge < -0.3 is 0 Å². The molecule has 0 aromatic carbocycles. The Bertz CT molecular complexity index is 779. The second kappa shape index (κ2) is 4.65. The summed E-state index contributed by atoms with van der Waals surface area (Å²) in [6.07, 6.45) is 9.59. The van der Waals surface area contributed by atoms with Crippen LogP contribution in [0.25, 0.3) is 22.3 Å². The number of hydrogen-bond acceptors (Lipinski definition) is 6. The molecular weight excluding hydrogens is 255 g/mol. The van der Waals surface area contributed by atoms with Crippen LogP contribution in [0, 0.1) is 0 Å². The Morgan fingerprint density at radius 2 is 1.16 bits per heavy atom. The monoisotopic (exact) mass is 262 g/mol. The standard InChI is InChI=1S/C10H6N8.Na.H/c1-7-9(13-3-11-1)17(5-15-7)18-6-16-8-2-12-4-14-10(8)18;;/h1-6H;;. The van der Waals surface area contributed by atoms with Crippen molar-refractivity contribution in [2.45, 2.75) is 0 Å². The van der Waals surface area contributed by atoms with E-state index in [1.54, 1.807) is 34.4 Å². The van der Waals surface area contributed by atoms with E-state index in [-0.39, 0.29) is 29.6 Å². The first-order chi connectivity index (χ1) is 8.93. The molecule has 0 bridgehead atoms. The molecule has 0 atom stereocenters. The quantitative estimate of drug-likeness (QED) is 0.435. The molecule has 0 unspecified atom stereocenters. The van der Waals surface area contributed by atoms with Crippen LogP contribution in [-0.4, -0.2) is 68.8 Å². The van der Waals surface area contributed by atoms with E-state index in [9.17, 15) is 0 Å². The van der Waals surface area contributed by atoms with Crippen molar-refractivity contribution in [3.8, 4) is 0 Å². The van der Waals surface area contributed by atoms with Crippen molar-refractivity contribution in [2.24, 2.45) is 0 Å². The molecule has 8 nitrogen and oxygen atoms in total. The number of nitrogens with zero attached hydrogens (tertiary/aromatic N) is 8. The van der Waals surface area contributed by atoms with Gasteiger partial charge in [-0.3, -0.25) is 0 Å². The van der Waals surface area contributed by atoms with Crippen molar-refractivity contribution in [3.05, 3.63) is 37.7 Å². The fourth-order valence-corrected chi connectivity index (χ4v) is 1.83. The van der Waals surface area contributed by atoms with Gasteiger partial charge >= 0.3 is 29.6 Å². The van der Waals surface area contributed by atoms with Crippen LogP contribution in [0.5, 0.6) is 0 Å². The first kappa shape index (κ1) is 12.2. The maximum atomic E-state index is 4.23. The van der Waals surface area contributed by atoms with Crippen LogP contribution in [-0.2, 0) is 0 Å². The van der Waals surface area contributed by atoms with Gasteiger partial charge in [0.2, 0.25) is 0 Å². The summed E-state index contributed by atoms with van der Waals surface area (Å²) < 4.78 is 3.53. The second-order valence-corrected chi connectivity index (χ2v) is 3.64. The zero-order valence-corrected chi connectivity index (χ0v) is 9.04. The molecule has 4 heterocycles. The minimum Gasteiger partial charge on any atom is -0.242 e. The zero-order valence-electron chi connectivity index (χ0n) is 9.04. The summed E-state index contributed by atoms with van der Waals surface area (Å²) in [7, 11) is 0. The van der Waals surface area contributed by atoms with E-state index in [0.717, 1.165) is 0 Å². The Morgan fingerprint density at radius 1 is 0.684 bits per heavy atom. The molecule has 0 aliphatic rings. The average molecular weight is 262 g/mol. The molecule has 0 saturated carbocycles. The second-order valence-electron chi connectivity index (χ2n) is 3.64. The molecule has 0 spiro atoms. The number of rotatable bonds is 1. The Hall–Kier alpha value is -1.90. The molecule has 0 amide bonds. The van der Waals surface area contributed by atoms with Gasteiger partial charge in [0, 0.05) is 0 Å². The summed E-state index contributed by atoms with van der Waals surface area (Å²) in [5.41, 5.74) is 2.83. The summed E-state index contributed by atoms with van der Waals surface area (Å²) >= 11 is 0. The number of hydrogen-bond donors (Lipinski definition) is 0. The molecule has 0 aliphatic heterocycles. The minimum absolute atomic E-state index is 0. The van der Waals surface area contributed by atoms with Crippen LogP contribution in [0.4, 0.5) is 0 Å². The molecule has 9 heteroatoms. The SMILES string of the molecule is [NaH].c1ncc2ncn(-n3cnc4cncnc43)c2n1. The first-order valence-electron chi connectivity index (χ1n) is 5.20. The minimum atomic E-state index is 0. The van der Waals surface area contributed by atoms with Gasteiger partial charge in [-0.15, -0.1) is 0 Å². The molecule has 0 aliphatic carbocycles. The maximum Gasteiger partial charge on any atom is 0.182 e. The van der Waals surface area contributed by atoms with Crippen LogP contribution in [0.15, 0.2) is 37.7 Å². The van der Waals surface area contributed by atoms with Gasteiger partial charge in [-0.05, 0) is 0 Å². The van der Waals surface area contributed by atoms with E-state index in [4.69, 9.17) is 0 Å². The van der Waals surface area contributed by atoms with E-state index in [2.05, 4.69) is 29.9 Å². The molecule has 19 heavy (non-hydrogen) atoms. The van der Waals surface area contributed by atoms with Crippen LogP contribution in [0.1, 0.15) is 0 Å². The first-order valence-corrected chi connectivity index (χ1v) is 5.20. The normalized spacial score (nSPS) is 10.7. The summed E-state index contributed by atoms with van der Waals surface area (Å²) in [5.74, 6) is 0. The molecule has 0 saturated heterocycles. The largest absolute Gasteiger partial charge is 0.242 e. The summed E-state index contributed by atoms with van der Waals surface area (Å²) in [6, 6.07) is 0. The topological polar surface area (TPSA) is 87.2 Å². The number of aromatic nitrogens is 8. The third-order valence-electron chi connectivity index (χ3n) is 2.62. The summed E-state index contributed by atoms with van der Waals surface area (Å²) in [5, 5.41) is 0. The van der Waals surface area contributed by atoms with Gasteiger partial charge in [0.25, 0.3) is 0 Å². The Morgan fingerprint density at radius 3 is 1.63 bits per heavy atom. The number of imidazole rings is 2. The predicted octanol–water partition coefficient (Wildman–Crippen LogP) is -0.371. The Labute approximate surface area is 128 Å². The molecule has 0 fully saturated rings. The molecular formula is C10H7N8Na. The van der Waals surface area contributed by atoms with Gasteiger partial charge in [-0.1, -0.05) is 0 Å². The van der Waals surface area contributed by atoms with Crippen molar-refractivity contribution in [2.75, 3.05) is 0 Å². The van der Waals surface area contributed by atoms with Crippen LogP contribution >= 0.6 is 0 Å². The third-order valence-corrected chi connectivity index (χ3v) is 2.62. The van der Waals surface area contributed by atoms with Gasteiger partial charge in [-0.25, -0.2) is 39.3 Å². The van der Waals surface area contributed by atoms with E-state index < -0.39 is 0 Å². The smallest absolute Gasteiger partial charge is 0.182 e. The predicted molar refractivity (Wildman–Crippen MR) is 68.6 cm³/mol. The molecule has 0 N–H and O–H groups in total. The van der Waals surface area contributed by atoms with Gasteiger partial charge in [0.1, 0.15) is 36.3 Å². The van der Waals surface area contributed by atoms with Crippen LogP contribution in [0.2, 0.25) is 0 Å². The van der Waals surface area contributed by atoms with E-state index >= 15 is 0 Å². The van der Waals surface area contributed by atoms with Gasteiger partial charge in [-0.2, -0.15) is 0 Å². The van der Waals surface area contributed by atoms with Crippen molar-refractivity contribution in [3.63, 3.8) is 0 Å². The van der Waals surface area contributed by atoms with Crippen molar-refractivity contribution >= 4 is 51.9 Å². The molecule has 4 rings (SSSR count). The molecule has 0 radical (unpaired) electrons. The maximum absolute atomic E-state index is 4.23. The van der Waals surface area contributed by atoms with E-state index in [1.807, 2.05) is 0 Å². The van der Waals surface area contributed by atoms with E-state index in [0.29, 0.717) is 22.3 Å². The Balaban J connectivity index is 0.00000110. The fraction of sp³-hybridized carbons (Fsp3) is 0. The Kier molecular flexibility index (Phi) is 2.97. The molecule has 4 aromatic heterocycles. The zero-order chi connectivity index (χ0) is 11.9. The average Bonchev–Trinajstić information content (AvgIpc) is 3.01. The van der Waals surface area contributed by atoms with Crippen LogP contribution in [0.3, 0.4) is 0 Å². The molecule has 88 valence electrons. The third kappa shape index (κ3) is 1.81. The fourth-order valence-electron chi connectivity index (χ4n) is 1.83.